The number of nitrogens with one attached hydrogen (secondary N) is 1. The standard InChI is InChI=1S/C19H17ClN4O/c1-12-18(23-24(22-12)17-7-3-6-15(20)11-17)19(25)21-16-9-8-13-4-2-5-14(13)10-16/h3,6-11H,2,4-5H2,1H3,(H,21,25). The third-order valence-corrected chi connectivity index (χ3v) is 4.63. The number of benzene rings is 2. The first-order valence-corrected chi connectivity index (χ1v) is 8.61. The van der Waals surface area contributed by atoms with E-state index in [1.165, 1.54) is 22.3 Å². The predicted octanol–water partition coefficient (Wildman–Crippen LogP) is 3.97. The lowest BCUT2D eigenvalue weighted by molar-refractivity contribution is 0.102. The quantitative estimate of drug-likeness (QED) is 0.775. The number of rotatable bonds is 3. The summed E-state index contributed by atoms with van der Waals surface area (Å²) in [6.45, 7) is 1.77. The number of fused-ring (bicyclic) bond motifs is 1. The topological polar surface area (TPSA) is 59.8 Å². The van der Waals surface area contributed by atoms with Gasteiger partial charge in [0.1, 0.15) is 0 Å². The maximum atomic E-state index is 12.6. The van der Waals surface area contributed by atoms with E-state index in [0.717, 1.165) is 18.5 Å². The molecule has 1 aliphatic rings. The molecule has 0 unspecified atom stereocenters. The molecule has 0 fully saturated rings. The average molecular weight is 353 g/mol. The summed E-state index contributed by atoms with van der Waals surface area (Å²) in [6.07, 6.45) is 3.37. The van der Waals surface area contributed by atoms with Crippen molar-refractivity contribution in [1.82, 2.24) is 15.0 Å². The van der Waals surface area contributed by atoms with Gasteiger partial charge in [0.2, 0.25) is 0 Å². The zero-order valence-corrected chi connectivity index (χ0v) is 14.5. The summed E-state index contributed by atoms with van der Waals surface area (Å²) in [7, 11) is 0. The van der Waals surface area contributed by atoms with Crippen molar-refractivity contribution in [2.24, 2.45) is 0 Å². The number of amides is 1. The summed E-state index contributed by atoms with van der Waals surface area (Å²) in [5.74, 6) is -0.260. The minimum Gasteiger partial charge on any atom is -0.321 e. The summed E-state index contributed by atoms with van der Waals surface area (Å²) in [6, 6.07) is 13.3. The maximum absolute atomic E-state index is 12.6. The summed E-state index contributed by atoms with van der Waals surface area (Å²) >= 11 is 6.01. The molecule has 1 N–H and O–H groups in total. The Morgan fingerprint density at radius 3 is 2.80 bits per heavy atom. The lowest BCUT2D eigenvalue weighted by Gasteiger charge is -2.06. The van der Waals surface area contributed by atoms with Crippen molar-refractivity contribution in [3.63, 3.8) is 0 Å². The molecular formula is C19H17ClN4O. The van der Waals surface area contributed by atoms with Gasteiger partial charge in [0, 0.05) is 10.7 Å². The van der Waals surface area contributed by atoms with Crippen molar-refractivity contribution < 1.29 is 4.79 Å². The molecule has 126 valence electrons. The number of nitrogens with zero attached hydrogens (tertiary/aromatic N) is 3. The molecule has 4 rings (SSSR count). The zero-order valence-electron chi connectivity index (χ0n) is 13.8. The van der Waals surface area contributed by atoms with Gasteiger partial charge in [0.05, 0.1) is 11.4 Å². The van der Waals surface area contributed by atoms with Crippen LogP contribution in [-0.4, -0.2) is 20.9 Å². The molecule has 6 heteroatoms. The highest BCUT2D eigenvalue weighted by atomic mass is 35.5. The lowest BCUT2D eigenvalue weighted by atomic mass is 10.1. The van der Waals surface area contributed by atoms with Crippen molar-refractivity contribution >= 4 is 23.2 Å². The van der Waals surface area contributed by atoms with Crippen molar-refractivity contribution in [2.45, 2.75) is 26.2 Å². The van der Waals surface area contributed by atoms with Crippen LogP contribution in [0.1, 0.15) is 33.7 Å². The molecule has 0 saturated heterocycles. The third kappa shape index (κ3) is 3.15. The van der Waals surface area contributed by atoms with Crippen LogP contribution < -0.4 is 5.32 Å². The van der Waals surface area contributed by atoms with Crippen LogP contribution >= 0.6 is 11.6 Å². The summed E-state index contributed by atoms with van der Waals surface area (Å²) in [5.41, 5.74) is 5.08. The van der Waals surface area contributed by atoms with E-state index in [0.29, 0.717) is 22.1 Å². The number of anilines is 1. The number of carbonyl (C=O) groups is 1. The minimum absolute atomic E-state index is 0.260. The molecular weight excluding hydrogens is 336 g/mol. The molecule has 3 aromatic rings. The highest BCUT2D eigenvalue weighted by molar-refractivity contribution is 6.30. The van der Waals surface area contributed by atoms with Crippen LogP contribution in [0.2, 0.25) is 5.02 Å². The number of halogens is 1. The fourth-order valence-corrected chi connectivity index (χ4v) is 3.33. The summed E-state index contributed by atoms with van der Waals surface area (Å²) < 4.78 is 0. The van der Waals surface area contributed by atoms with Gasteiger partial charge in [-0.3, -0.25) is 4.79 Å². The van der Waals surface area contributed by atoms with Crippen LogP contribution in [0, 0.1) is 6.92 Å². The molecule has 25 heavy (non-hydrogen) atoms. The number of hydrogen-bond acceptors (Lipinski definition) is 3. The Labute approximate surface area is 150 Å². The smallest absolute Gasteiger partial charge is 0.278 e. The number of hydrogen-bond donors (Lipinski definition) is 1. The molecule has 0 radical (unpaired) electrons. The Morgan fingerprint density at radius 2 is 1.96 bits per heavy atom. The molecule has 1 aromatic heterocycles. The van der Waals surface area contributed by atoms with Gasteiger partial charge in [-0.25, -0.2) is 0 Å². The van der Waals surface area contributed by atoms with Crippen LogP contribution in [-0.2, 0) is 12.8 Å². The van der Waals surface area contributed by atoms with Crippen LogP contribution in [0.15, 0.2) is 42.5 Å². The second-order valence-corrected chi connectivity index (χ2v) is 6.63. The first-order valence-electron chi connectivity index (χ1n) is 8.23. The molecule has 0 bridgehead atoms. The molecule has 2 aromatic carbocycles. The molecule has 0 atom stereocenters. The van der Waals surface area contributed by atoms with Crippen LogP contribution in [0.3, 0.4) is 0 Å². The number of carbonyl (C=O) groups excluding carboxylic acids is 1. The molecule has 1 aliphatic carbocycles. The number of aryl methyl sites for hydroxylation is 3. The van der Waals surface area contributed by atoms with E-state index in [-0.39, 0.29) is 5.91 Å². The fraction of sp³-hybridized carbons (Fsp3) is 0.211. The van der Waals surface area contributed by atoms with Crippen LogP contribution in [0.25, 0.3) is 5.69 Å². The highest BCUT2D eigenvalue weighted by Gasteiger charge is 2.18. The predicted molar refractivity (Wildman–Crippen MR) is 97.5 cm³/mol. The fourth-order valence-electron chi connectivity index (χ4n) is 3.14. The SMILES string of the molecule is Cc1nn(-c2cccc(Cl)c2)nc1C(=O)Nc1ccc2c(c1)CCC2. The second kappa shape index (κ2) is 6.33. The van der Waals surface area contributed by atoms with Gasteiger partial charge >= 0.3 is 0 Å². The molecule has 1 heterocycles. The average Bonchev–Trinajstić information content (AvgIpc) is 3.20. The molecule has 0 spiro atoms. The lowest BCUT2D eigenvalue weighted by Crippen LogP contribution is -2.14. The largest absolute Gasteiger partial charge is 0.321 e. The van der Waals surface area contributed by atoms with E-state index in [4.69, 9.17) is 11.6 Å². The molecule has 1 amide bonds. The Balaban J connectivity index is 1.58. The Bertz CT molecular complexity index is 964. The zero-order chi connectivity index (χ0) is 17.4. The van der Waals surface area contributed by atoms with Crippen molar-refractivity contribution in [3.8, 4) is 5.69 Å². The Morgan fingerprint density at radius 1 is 1.12 bits per heavy atom. The van der Waals surface area contributed by atoms with Gasteiger partial charge in [-0.15, -0.1) is 5.10 Å². The van der Waals surface area contributed by atoms with Gasteiger partial charge in [-0.1, -0.05) is 23.7 Å². The Hall–Kier alpha value is -2.66. The first kappa shape index (κ1) is 15.8. The maximum Gasteiger partial charge on any atom is 0.278 e. The third-order valence-electron chi connectivity index (χ3n) is 4.39. The first-order chi connectivity index (χ1) is 12.1. The van der Waals surface area contributed by atoms with E-state index in [2.05, 4.69) is 27.6 Å². The summed E-state index contributed by atoms with van der Waals surface area (Å²) in [5, 5.41) is 12.2. The van der Waals surface area contributed by atoms with E-state index < -0.39 is 0 Å². The van der Waals surface area contributed by atoms with Gasteiger partial charge in [0.25, 0.3) is 5.91 Å². The van der Waals surface area contributed by atoms with Crippen molar-refractivity contribution in [3.05, 3.63) is 70.0 Å². The highest BCUT2D eigenvalue weighted by Crippen LogP contribution is 2.25. The molecule has 0 saturated carbocycles. The Kier molecular flexibility index (Phi) is 4.01. The van der Waals surface area contributed by atoms with Crippen molar-refractivity contribution in [1.29, 1.82) is 0 Å². The van der Waals surface area contributed by atoms with Gasteiger partial charge < -0.3 is 5.32 Å². The monoisotopic (exact) mass is 352 g/mol. The minimum atomic E-state index is -0.260. The van der Waals surface area contributed by atoms with E-state index in [9.17, 15) is 4.79 Å². The van der Waals surface area contributed by atoms with Gasteiger partial charge in [-0.05, 0) is 67.6 Å². The van der Waals surface area contributed by atoms with Gasteiger partial charge in [-0.2, -0.15) is 9.90 Å². The van der Waals surface area contributed by atoms with Gasteiger partial charge in [0.15, 0.2) is 5.69 Å². The molecule has 5 nitrogen and oxygen atoms in total. The second-order valence-electron chi connectivity index (χ2n) is 6.19. The molecule has 0 aliphatic heterocycles. The van der Waals surface area contributed by atoms with Crippen LogP contribution in [0.4, 0.5) is 5.69 Å². The van der Waals surface area contributed by atoms with Crippen LogP contribution in [0.5, 0.6) is 0 Å². The summed E-state index contributed by atoms with van der Waals surface area (Å²) in [4.78, 5) is 14.0. The van der Waals surface area contributed by atoms with Crippen molar-refractivity contribution in [2.75, 3.05) is 5.32 Å². The number of aromatic nitrogens is 3. The van der Waals surface area contributed by atoms with E-state index in [1.54, 1.807) is 19.1 Å². The van der Waals surface area contributed by atoms with E-state index in [1.807, 2.05) is 18.2 Å². The normalized spacial score (nSPS) is 12.9. The van der Waals surface area contributed by atoms with E-state index >= 15 is 0 Å².